The number of aromatic carboxylic acids is 1. The monoisotopic (exact) mass is 576 g/mol. The van der Waals surface area contributed by atoms with Crippen LogP contribution in [-0.4, -0.2) is 22.8 Å². The standard InChI is InChI=1S/C13H15NO2S.C9H6O2S.C8H7NS/c1-13(2,3)16-12(15)14-11-8-9-6-4-5-7-10(9)17-11;10-9(11)8-5-6-3-1-2-4-7(6)12-8;9-8-5-6-3-1-2-4-7(6)10-8/h4-8H,1-3H3,(H,14,15);1-5H,(H,10,11);1-5H,9H2. The first-order valence-electron chi connectivity index (χ1n) is 12.0. The van der Waals surface area contributed by atoms with Gasteiger partial charge in [0, 0.05) is 14.1 Å². The number of nitrogens with two attached hydrogens (primary N) is 1. The third-order valence-electron chi connectivity index (χ3n) is 5.13. The molecule has 4 N–H and O–H groups in total. The smallest absolute Gasteiger partial charge is 0.412 e. The van der Waals surface area contributed by atoms with E-state index >= 15 is 0 Å². The number of benzene rings is 3. The molecule has 0 saturated heterocycles. The summed E-state index contributed by atoms with van der Waals surface area (Å²) in [5, 5.41) is 16.5. The van der Waals surface area contributed by atoms with E-state index in [-0.39, 0.29) is 0 Å². The van der Waals surface area contributed by atoms with Crippen LogP contribution in [0, 0.1) is 0 Å². The van der Waals surface area contributed by atoms with Crippen LogP contribution in [0.1, 0.15) is 30.4 Å². The van der Waals surface area contributed by atoms with Gasteiger partial charge in [0.1, 0.15) is 10.5 Å². The number of thiophene rings is 3. The lowest BCUT2D eigenvalue weighted by Gasteiger charge is -2.19. The molecule has 39 heavy (non-hydrogen) atoms. The number of carboxylic acids is 1. The maximum Gasteiger partial charge on any atom is 0.412 e. The van der Waals surface area contributed by atoms with E-state index < -0.39 is 17.7 Å². The van der Waals surface area contributed by atoms with Gasteiger partial charge in [0.15, 0.2) is 0 Å². The number of rotatable bonds is 2. The predicted molar refractivity (Wildman–Crippen MR) is 167 cm³/mol. The highest BCUT2D eigenvalue weighted by atomic mass is 32.1. The molecule has 3 aromatic carbocycles. The minimum Gasteiger partial charge on any atom is -0.477 e. The Balaban J connectivity index is 0.000000141. The Labute approximate surface area is 238 Å². The fourth-order valence-electron chi connectivity index (χ4n) is 3.54. The molecule has 200 valence electrons. The normalized spacial score (nSPS) is 10.8. The summed E-state index contributed by atoms with van der Waals surface area (Å²) in [6.07, 6.45) is -0.413. The molecule has 6 rings (SSSR count). The van der Waals surface area contributed by atoms with E-state index in [1.807, 2.05) is 93.6 Å². The van der Waals surface area contributed by atoms with Crippen molar-refractivity contribution < 1.29 is 19.4 Å². The van der Waals surface area contributed by atoms with E-state index in [9.17, 15) is 9.59 Å². The molecule has 0 radical (unpaired) electrons. The number of nitrogen functional groups attached to an aromatic ring is 1. The second-order valence-corrected chi connectivity index (χ2v) is 12.7. The molecular formula is C30H28N2O4S3. The zero-order valence-corrected chi connectivity index (χ0v) is 24.1. The highest BCUT2D eigenvalue weighted by molar-refractivity contribution is 7.23. The Hall–Kier alpha value is -3.92. The third kappa shape index (κ3) is 8.03. The zero-order valence-electron chi connectivity index (χ0n) is 21.6. The molecule has 3 aromatic heterocycles. The molecule has 0 aliphatic rings. The Morgan fingerprint density at radius 2 is 1.23 bits per heavy atom. The second-order valence-electron chi connectivity index (χ2n) is 9.42. The van der Waals surface area contributed by atoms with Crippen LogP contribution in [0.5, 0.6) is 0 Å². The number of amides is 1. The van der Waals surface area contributed by atoms with Crippen molar-refractivity contribution in [3.63, 3.8) is 0 Å². The molecule has 6 nitrogen and oxygen atoms in total. The van der Waals surface area contributed by atoms with Crippen molar-refractivity contribution in [2.75, 3.05) is 11.1 Å². The minimum atomic E-state index is -0.851. The highest BCUT2D eigenvalue weighted by Gasteiger charge is 2.16. The molecule has 0 aliphatic heterocycles. The van der Waals surface area contributed by atoms with Gasteiger partial charge in [0.05, 0.1) is 10.0 Å². The number of anilines is 2. The van der Waals surface area contributed by atoms with Crippen LogP contribution >= 0.6 is 34.0 Å². The van der Waals surface area contributed by atoms with Crippen LogP contribution in [-0.2, 0) is 4.74 Å². The summed E-state index contributed by atoms with van der Waals surface area (Å²) in [4.78, 5) is 22.6. The largest absolute Gasteiger partial charge is 0.477 e. The summed E-state index contributed by atoms with van der Waals surface area (Å²) in [5.41, 5.74) is 5.14. The summed E-state index contributed by atoms with van der Waals surface area (Å²) >= 11 is 4.48. The van der Waals surface area contributed by atoms with Crippen LogP contribution in [0.25, 0.3) is 30.3 Å². The van der Waals surface area contributed by atoms with Gasteiger partial charge < -0.3 is 15.6 Å². The lowest BCUT2D eigenvalue weighted by atomic mass is 10.2. The molecule has 6 aromatic rings. The molecule has 0 fully saturated rings. The molecular weight excluding hydrogens is 549 g/mol. The lowest BCUT2D eigenvalue weighted by molar-refractivity contribution is 0.0634. The van der Waals surface area contributed by atoms with Crippen molar-refractivity contribution in [1.82, 2.24) is 0 Å². The van der Waals surface area contributed by atoms with Crippen LogP contribution in [0.3, 0.4) is 0 Å². The molecule has 0 unspecified atom stereocenters. The average Bonchev–Trinajstić information content (AvgIpc) is 3.58. The van der Waals surface area contributed by atoms with Gasteiger partial charge in [-0.2, -0.15) is 0 Å². The first-order chi connectivity index (χ1) is 18.6. The van der Waals surface area contributed by atoms with Gasteiger partial charge >= 0.3 is 12.1 Å². The quantitative estimate of drug-likeness (QED) is 0.191. The second kappa shape index (κ2) is 12.3. The lowest BCUT2D eigenvalue weighted by Crippen LogP contribution is -2.26. The Bertz CT molecular complexity index is 1630. The van der Waals surface area contributed by atoms with Gasteiger partial charge in [-0.05, 0) is 73.3 Å². The first kappa shape index (κ1) is 28.1. The highest BCUT2D eigenvalue weighted by Crippen LogP contribution is 2.30. The fourth-order valence-corrected chi connectivity index (χ4v) is 6.22. The predicted octanol–water partition coefficient (Wildman–Crippen LogP) is 9.33. The van der Waals surface area contributed by atoms with Crippen molar-refractivity contribution in [1.29, 1.82) is 0 Å². The van der Waals surface area contributed by atoms with Gasteiger partial charge in [0.25, 0.3) is 0 Å². The van der Waals surface area contributed by atoms with Gasteiger partial charge in [-0.25, -0.2) is 9.59 Å². The molecule has 1 amide bonds. The van der Waals surface area contributed by atoms with E-state index in [1.165, 1.54) is 32.8 Å². The topological polar surface area (TPSA) is 102 Å². The molecule has 0 aliphatic carbocycles. The molecule has 0 saturated carbocycles. The van der Waals surface area contributed by atoms with Crippen molar-refractivity contribution in [2.24, 2.45) is 0 Å². The van der Waals surface area contributed by atoms with Gasteiger partial charge in [-0.3, -0.25) is 5.32 Å². The fraction of sp³-hybridized carbons (Fsp3) is 0.133. The zero-order chi connectivity index (χ0) is 28.0. The van der Waals surface area contributed by atoms with Crippen molar-refractivity contribution in [2.45, 2.75) is 26.4 Å². The maximum atomic E-state index is 11.6. The van der Waals surface area contributed by atoms with E-state index in [0.29, 0.717) is 4.88 Å². The first-order valence-corrected chi connectivity index (χ1v) is 14.5. The number of nitrogens with one attached hydrogen (secondary N) is 1. The maximum absolute atomic E-state index is 11.6. The summed E-state index contributed by atoms with van der Waals surface area (Å²) in [6.45, 7) is 5.53. The van der Waals surface area contributed by atoms with E-state index in [4.69, 9.17) is 15.6 Å². The number of hydrogen-bond acceptors (Lipinski definition) is 7. The SMILES string of the molecule is CC(C)(C)OC(=O)Nc1cc2ccccc2s1.Nc1cc2ccccc2s1.O=C(O)c1cc2ccccc2s1. The minimum absolute atomic E-state index is 0.399. The third-order valence-corrected chi connectivity index (χ3v) is 8.21. The number of carbonyl (C=O) groups is 2. The number of ether oxygens (including phenoxy) is 1. The summed E-state index contributed by atoms with van der Waals surface area (Å²) < 4.78 is 8.63. The van der Waals surface area contributed by atoms with Crippen molar-refractivity contribution in [3.05, 3.63) is 95.9 Å². The van der Waals surface area contributed by atoms with Crippen LogP contribution < -0.4 is 11.1 Å². The molecule has 0 spiro atoms. The molecule has 3 heterocycles. The average molecular weight is 577 g/mol. The van der Waals surface area contributed by atoms with Crippen molar-refractivity contribution in [3.8, 4) is 0 Å². The van der Waals surface area contributed by atoms with Gasteiger partial charge in [-0.15, -0.1) is 34.0 Å². The number of carbonyl (C=O) groups excluding carboxylic acids is 1. The van der Waals surface area contributed by atoms with E-state index in [0.717, 1.165) is 30.2 Å². The van der Waals surface area contributed by atoms with E-state index in [1.54, 1.807) is 17.4 Å². The Morgan fingerprint density at radius 1 is 0.744 bits per heavy atom. The summed E-state index contributed by atoms with van der Waals surface area (Å²) in [7, 11) is 0. The van der Waals surface area contributed by atoms with E-state index in [2.05, 4.69) is 17.4 Å². The molecule has 9 heteroatoms. The number of fused-ring (bicyclic) bond motifs is 3. The van der Waals surface area contributed by atoms with Crippen LogP contribution in [0.4, 0.5) is 14.8 Å². The van der Waals surface area contributed by atoms with Gasteiger partial charge in [-0.1, -0.05) is 54.6 Å². The van der Waals surface area contributed by atoms with Crippen LogP contribution in [0.2, 0.25) is 0 Å². The van der Waals surface area contributed by atoms with Crippen LogP contribution in [0.15, 0.2) is 91.0 Å². The molecule has 0 atom stereocenters. The molecule has 0 bridgehead atoms. The Morgan fingerprint density at radius 3 is 1.72 bits per heavy atom. The summed E-state index contributed by atoms with van der Waals surface area (Å²) in [6, 6.07) is 29.5. The summed E-state index contributed by atoms with van der Waals surface area (Å²) in [5.74, 6) is -0.851. The number of hydrogen-bond donors (Lipinski definition) is 3. The Kier molecular flexibility index (Phi) is 8.86. The van der Waals surface area contributed by atoms with Gasteiger partial charge in [0.2, 0.25) is 0 Å². The van der Waals surface area contributed by atoms with Crippen molar-refractivity contribution >= 4 is 86.3 Å². The number of carboxylic acid groups (broad SMARTS) is 1.